The van der Waals surface area contributed by atoms with Crippen LogP contribution in [0.5, 0.6) is 11.5 Å². The number of rotatable bonds is 11. The van der Waals surface area contributed by atoms with Gasteiger partial charge in [0.25, 0.3) is 5.91 Å². The number of nitrogens with zero attached hydrogens (tertiary/aromatic N) is 5. The summed E-state index contributed by atoms with van der Waals surface area (Å²) in [6.07, 6.45) is 2.27. The fraction of sp³-hybridized carbons (Fsp3) is 0.214. The molecule has 12 heteroatoms. The molecule has 0 N–H and O–H groups in total. The van der Waals surface area contributed by atoms with Crippen LogP contribution in [-0.4, -0.2) is 58.4 Å². The number of carbonyl (C=O) groups is 1. The summed E-state index contributed by atoms with van der Waals surface area (Å²) in [5, 5.41) is 12.7. The lowest BCUT2D eigenvalue weighted by atomic mass is 10.1. The fourth-order valence-electron chi connectivity index (χ4n) is 3.98. The van der Waals surface area contributed by atoms with E-state index >= 15 is 0 Å². The molecule has 0 fully saturated rings. The second-order valence-corrected chi connectivity index (χ2v) is 11.0. The number of benzene rings is 2. The molecule has 206 valence electrons. The first-order chi connectivity index (χ1) is 19.5. The maximum absolute atomic E-state index is 13.0. The molecular formula is C28H26ClN5O4S2. The van der Waals surface area contributed by atoms with E-state index in [2.05, 4.69) is 15.2 Å². The molecular weight excluding hydrogens is 570 g/mol. The zero-order valence-electron chi connectivity index (χ0n) is 22.0. The van der Waals surface area contributed by atoms with Gasteiger partial charge in [-0.3, -0.25) is 9.36 Å². The smallest absolute Gasteiger partial charge is 0.273 e. The highest BCUT2D eigenvalue weighted by Gasteiger charge is 2.20. The Morgan fingerprint density at radius 1 is 1.10 bits per heavy atom. The molecule has 3 heterocycles. The van der Waals surface area contributed by atoms with Crippen LogP contribution in [0.3, 0.4) is 0 Å². The van der Waals surface area contributed by atoms with Gasteiger partial charge in [-0.2, -0.15) is 0 Å². The van der Waals surface area contributed by atoms with Crippen molar-refractivity contribution in [1.29, 1.82) is 0 Å². The van der Waals surface area contributed by atoms with Gasteiger partial charge in [0.1, 0.15) is 10.7 Å². The Morgan fingerprint density at radius 2 is 1.90 bits per heavy atom. The van der Waals surface area contributed by atoms with Crippen molar-refractivity contribution in [3.05, 3.63) is 87.5 Å². The molecule has 0 aliphatic rings. The first-order valence-electron chi connectivity index (χ1n) is 12.3. The van der Waals surface area contributed by atoms with E-state index in [4.69, 9.17) is 25.5 Å². The Labute approximate surface area is 244 Å². The quantitative estimate of drug-likeness (QED) is 0.165. The van der Waals surface area contributed by atoms with Crippen molar-refractivity contribution in [2.24, 2.45) is 0 Å². The van der Waals surface area contributed by atoms with E-state index in [1.54, 1.807) is 37.8 Å². The Balaban J connectivity index is 1.25. The van der Waals surface area contributed by atoms with Crippen LogP contribution in [0.25, 0.3) is 17.3 Å². The average Bonchev–Trinajstić information content (AvgIpc) is 3.75. The SMILES string of the molecule is COc1ccc(CCN(C)C(=O)c2csc(CSc3nnc(-c4ccco4)n3-c3ccc(Cl)cc3)n2)cc1OC. The summed E-state index contributed by atoms with van der Waals surface area (Å²) in [5.74, 6) is 2.92. The second kappa shape index (κ2) is 12.6. The summed E-state index contributed by atoms with van der Waals surface area (Å²) >= 11 is 9.03. The van der Waals surface area contributed by atoms with Crippen molar-refractivity contribution in [2.75, 3.05) is 27.8 Å². The summed E-state index contributed by atoms with van der Waals surface area (Å²) in [6, 6.07) is 16.8. The first-order valence-corrected chi connectivity index (χ1v) is 14.5. The van der Waals surface area contributed by atoms with Crippen LogP contribution >= 0.6 is 34.7 Å². The van der Waals surface area contributed by atoms with Crippen molar-refractivity contribution in [1.82, 2.24) is 24.6 Å². The Morgan fingerprint density at radius 3 is 2.62 bits per heavy atom. The lowest BCUT2D eigenvalue weighted by molar-refractivity contribution is 0.0791. The third-order valence-corrected chi connectivity index (χ3v) is 8.31. The van der Waals surface area contributed by atoms with Gasteiger partial charge in [-0.05, 0) is 60.5 Å². The van der Waals surface area contributed by atoms with Crippen LogP contribution < -0.4 is 9.47 Å². The van der Waals surface area contributed by atoms with Crippen molar-refractivity contribution in [2.45, 2.75) is 17.3 Å². The summed E-state index contributed by atoms with van der Waals surface area (Å²) < 4.78 is 18.2. The summed E-state index contributed by atoms with van der Waals surface area (Å²) in [4.78, 5) is 19.3. The van der Waals surface area contributed by atoms with Crippen molar-refractivity contribution in [3.8, 4) is 28.8 Å². The summed E-state index contributed by atoms with van der Waals surface area (Å²) in [7, 11) is 4.99. The molecule has 0 atom stereocenters. The Kier molecular flexibility index (Phi) is 8.73. The number of ether oxygens (including phenoxy) is 2. The number of carbonyl (C=O) groups excluding carboxylic acids is 1. The van der Waals surface area contributed by atoms with Crippen LogP contribution in [-0.2, 0) is 12.2 Å². The Bertz CT molecular complexity index is 1580. The van der Waals surface area contributed by atoms with E-state index in [0.717, 1.165) is 16.3 Å². The molecule has 0 radical (unpaired) electrons. The van der Waals surface area contributed by atoms with Crippen LogP contribution in [0.4, 0.5) is 0 Å². The molecule has 3 aromatic heterocycles. The van der Waals surface area contributed by atoms with Gasteiger partial charge >= 0.3 is 0 Å². The molecule has 0 bridgehead atoms. The zero-order chi connectivity index (χ0) is 28.1. The third kappa shape index (κ3) is 6.16. The molecule has 5 aromatic rings. The van der Waals surface area contributed by atoms with Crippen molar-refractivity contribution in [3.63, 3.8) is 0 Å². The molecule has 0 saturated carbocycles. The largest absolute Gasteiger partial charge is 0.493 e. The minimum Gasteiger partial charge on any atom is -0.493 e. The molecule has 0 aliphatic carbocycles. The normalized spacial score (nSPS) is 11.0. The van der Waals surface area contributed by atoms with E-state index in [1.807, 2.05) is 59.2 Å². The predicted molar refractivity (Wildman–Crippen MR) is 156 cm³/mol. The number of hydrogen-bond donors (Lipinski definition) is 0. The highest BCUT2D eigenvalue weighted by Crippen LogP contribution is 2.31. The molecule has 40 heavy (non-hydrogen) atoms. The van der Waals surface area contributed by atoms with Crippen LogP contribution in [0.2, 0.25) is 5.02 Å². The predicted octanol–water partition coefficient (Wildman–Crippen LogP) is 6.26. The van der Waals surface area contributed by atoms with E-state index in [9.17, 15) is 4.79 Å². The highest BCUT2D eigenvalue weighted by molar-refractivity contribution is 7.98. The molecule has 0 saturated heterocycles. The molecule has 0 spiro atoms. The van der Waals surface area contributed by atoms with Crippen molar-refractivity contribution >= 4 is 40.6 Å². The molecule has 0 unspecified atom stereocenters. The van der Waals surface area contributed by atoms with Gasteiger partial charge in [0.05, 0.1) is 26.2 Å². The van der Waals surface area contributed by atoms with Gasteiger partial charge in [0.2, 0.25) is 5.82 Å². The molecule has 2 aromatic carbocycles. The number of furan rings is 1. The van der Waals surface area contributed by atoms with Gasteiger partial charge in [0, 0.05) is 29.7 Å². The number of likely N-dealkylation sites (N-methyl/N-ethyl adjacent to an activating group) is 1. The van der Waals surface area contributed by atoms with Gasteiger partial charge in [-0.25, -0.2) is 4.98 Å². The maximum atomic E-state index is 13.0. The third-order valence-electron chi connectivity index (χ3n) is 6.09. The Hall–Kier alpha value is -3.80. The van der Waals surface area contributed by atoms with Gasteiger partial charge < -0.3 is 18.8 Å². The lowest BCUT2D eigenvalue weighted by Gasteiger charge is -2.16. The summed E-state index contributed by atoms with van der Waals surface area (Å²) in [6.45, 7) is 0.537. The second-order valence-electron chi connectivity index (χ2n) is 8.68. The number of hydrogen-bond acceptors (Lipinski definition) is 9. The lowest BCUT2D eigenvalue weighted by Crippen LogP contribution is -2.29. The van der Waals surface area contributed by atoms with E-state index in [-0.39, 0.29) is 5.91 Å². The van der Waals surface area contributed by atoms with Crippen molar-refractivity contribution < 1.29 is 18.7 Å². The first kappa shape index (κ1) is 27.8. The van der Waals surface area contributed by atoms with Gasteiger partial charge in [0.15, 0.2) is 22.4 Å². The van der Waals surface area contributed by atoms with Gasteiger partial charge in [-0.15, -0.1) is 21.5 Å². The molecule has 9 nitrogen and oxygen atoms in total. The minimum absolute atomic E-state index is 0.127. The van der Waals surface area contributed by atoms with Crippen LogP contribution in [0.15, 0.2) is 75.8 Å². The van der Waals surface area contributed by atoms with E-state index in [1.165, 1.54) is 23.1 Å². The number of thiazole rings is 1. The fourth-order valence-corrected chi connectivity index (χ4v) is 5.85. The highest BCUT2D eigenvalue weighted by atomic mass is 35.5. The van der Waals surface area contributed by atoms with E-state index in [0.29, 0.717) is 57.7 Å². The number of thioether (sulfide) groups is 1. The number of halogens is 1. The molecule has 1 amide bonds. The number of methoxy groups -OCH3 is 2. The van der Waals surface area contributed by atoms with Crippen LogP contribution in [0.1, 0.15) is 21.1 Å². The number of amides is 1. The monoisotopic (exact) mass is 595 g/mol. The zero-order valence-corrected chi connectivity index (χ0v) is 24.4. The topological polar surface area (TPSA) is 95.5 Å². The summed E-state index contributed by atoms with van der Waals surface area (Å²) in [5.41, 5.74) is 2.33. The average molecular weight is 596 g/mol. The molecule has 5 rings (SSSR count). The number of aromatic nitrogens is 4. The van der Waals surface area contributed by atoms with Gasteiger partial charge in [-0.1, -0.05) is 29.4 Å². The van der Waals surface area contributed by atoms with Crippen LogP contribution in [0, 0.1) is 0 Å². The maximum Gasteiger partial charge on any atom is 0.273 e. The standard InChI is InChI=1S/C28H26ClN5O4S2/c1-33(13-12-18-6-11-22(36-2)24(15-18)37-3)27(35)21-16-39-25(30-21)17-40-28-32-31-26(23-5-4-14-38-23)34(28)20-9-7-19(29)8-10-20/h4-11,14-16H,12-13,17H2,1-3H3. The minimum atomic E-state index is -0.127. The molecule has 0 aliphatic heterocycles. The van der Waals surface area contributed by atoms with E-state index < -0.39 is 0 Å².